The van der Waals surface area contributed by atoms with Crippen LogP contribution in [-0.4, -0.2) is 5.97 Å². The Morgan fingerprint density at radius 2 is 1.39 bits per heavy atom. The van der Waals surface area contributed by atoms with Crippen LogP contribution in [0.25, 0.3) is 0 Å². The molecule has 0 bridgehead atoms. The fourth-order valence-corrected chi connectivity index (χ4v) is 2.17. The van der Waals surface area contributed by atoms with Gasteiger partial charge in [-0.05, 0) is 6.42 Å². The Morgan fingerprint density at radius 3 is 1.83 bits per heavy atom. The van der Waals surface area contributed by atoms with Crippen molar-refractivity contribution in [1.29, 1.82) is 0 Å². The summed E-state index contributed by atoms with van der Waals surface area (Å²) in [6, 6.07) is 0. The highest BCUT2D eigenvalue weighted by atomic mass is 16.7. The molecule has 3 heteroatoms. The van der Waals surface area contributed by atoms with Gasteiger partial charge in [-0.1, -0.05) is 78.1 Å². The summed E-state index contributed by atoms with van der Waals surface area (Å²) in [5.41, 5.74) is 0. The predicted octanol–water partition coefficient (Wildman–Crippen LogP) is 4.35. The van der Waals surface area contributed by atoms with E-state index in [2.05, 4.69) is 11.8 Å². The van der Waals surface area contributed by atoms with Gasteiger partial charge in [0.15, 0.2) is 0 Å². The first-order valence-electron chi connectivity index (χ1n) is 7.63. The van der Waals surface area contributed by atoms with E-state index in [1.165, 1.54) is 57.8 Å². The summed E-state index contributed by atoms with van der Waals surface area (Å²) in [4.78, 5) is 15.3. The quantitative estimate of drug-likeness (QED) is 0.417. The molecule has 0 aromatic heterocycles. The third kappa shape index (κ3) is 10.6. The van der Waals surface area contributed by atoms with Crippen molar-refractivity contribution >= 4 is 5.97 Å². The summed E-state index contributed by atoms with van der Waals surface area (Å²) in [5, 5.41) is 0. The first kappa shape index (κ1) is 17.4. The third-order valence-corrected chi connectivity index (χ3v) is 3.51. The van der Waals surface area contributed by atoms with Gasteiger partial charge in [0.2, 0.25) is 0 Å². The lowest BCUT2D eigenvalue weighted by Gasteiger charge is -2.07. The lowest BCUT2D eigenvalue weighted by Crippen LogP contribution is -2.18. The summed E-state index contributed by atoms with van der Waals surface area (Å²) in [6.45, 7) is 4.13. The molecule has 0 spiro atoms. The van der Waals surface area contributed by atoms with E-state index in [1.807, 2.05) is 6.92 Å². The molecule has 0 fully saturated rings. The van der Waals surface area contributed by atoms with Crippen molar-refractivity contribution in [3.05, 3.63) is 0 Å². The third-order valence-electron chi connectivity index (χ3n) is 3.51. The number of carbonyl (C=O) groups is 1. The van der Waals surface area contributed by atoms with Crippen LogP contribution in [0.1, 0.15) is 84.5 Å². The average Bonchev–Trinajstić information content (AvgIpc) is 2.39. The van der Waals surface area contributed by atoms with E-state index in [0.29, 0.717) is 0 Å². The summed E-state index contributed by atoms with van der Waals surface area (Å²) >= 11 is 0. The Labute approximate surface area is 112 Å². The topological polar surface area (TPSA) is 52.3 Å². The molecule has 0 aliphatic carbocycles. The number of hydrogen-bond acceptors (Lipinski definition) is 3. The van der Waals surface area contributed by atoms with Gasteiger partial charge in [-0.25, -0.2) is 0 Å². The lowest BCUT2D eigenvalue weighted by atomic mass is 10.0. The monoisotopic (exact) mass is 257 g/mol. The second-order valence-corrected chi connectivity index (χ2v) is 5.31. The highest BCUT2D eigenvalue weighted by molar-refractivity contribution is 5.71. The minimum atomic E-state index is -0.286. The van der Waals surface area contributed by atoms with Crippen LogP contribution in [0.15, 0.2) is 0 Å². The molecular formula is C15H31NO2. The first-order chi connectivity index (χ1) is 8.72. The van der Waals surface area contributed by atoms with Crippen LogP contribution in [0.5, 0.6) is 0 Å². The highest BCUT2D eigenvalue weighted by Crippen LogP contribution is 2.14. The summed E-state index contributed by atoms with van der Waals surface area (Å²) < 4.78 is 0. The second-order valence-electron chi connectivity index (χ2n) is 5.31. The van der Waals surface area contributed by atoms with Gasteiger partial charge in [0.05, 0.1) is 5.92 Å². The zero-order chi connectivity index (χ0) is 13.6. The minimum Gasteiger partial charge on any atom is -0.373 e. The lowest BCUT2D eigenvalue weighted by molar-refractivity contribution is -0.148. The van der Waals surface area contributed by atoms with Crippen LogP contribution < -0.4 is 5.90 Å². The first-order valence-corrected chi connectivity index (χ1v) is 7.63. The van der Waals surface area contributed by atoms with E-state index in [9.17, 15) is 4.79 Å². The molecule has 3 nitrogen and oxygen atoms in total. The van der Waals surface area contributed by atoms with E-state index in [1.54, 1.807) is 0 Å². The van der Waals surface area contributed by atoms with Crippen molar-refractivity contribution < 1.29 is 9.63 Å². The van der Waals surface area contributed by atoms with E-state index >= 15 is 0 Å². The average molecular weight is 257 g/mol. The van der Waals surface area contributed by atoms with Crippen LogP contribution in [0, 0.1) is 5.92 Å². The zero-order valence-corrected chi connectivity index (χ0v) is 12.2. The summed E-state index contributed by atoms with van der Waals surface area (Å²) in [7, 11) is 0. The van der Waals surface area contributed by atoms with Gasteiger partial charge < -0.3 is 4.84 Å². The van der Waals surface area contributed by atoms with Crippen molar-refractivity contribution in [2.45, 2.75) is 84.5 Å². The van der Waals surface area contributed by atoms with Crippen LogP contribution in [0.4, 0.5) is 0 Å². The molecule has 0 aliphatic heterocycles. The van der Waals surface area contributed by atoms with Gasteiger partial charge in [0.1, 0.15) is 0 Å². The molecule has 0 aromatic carbocycles. The Bertz CT molecular complexity index is 195. The molecule has 0 aromatic rings. The molecule has 0 amide bonds. The molecule has 0 rings (SSSR count). The van der Waals surface area contributed by atoms with Crippen molar-refractivity contribution in [3.63, 3.8) is 0 Å². The second kappa shape index (κ2) is 12.9. The zero-order valence-electron chi connectivity index (χ0n) is 12.2. The van der Waals surface area contributed by atoms with Crippen molar-refractivity contribution in [3.8, 4) is 0 Å². The largest absolute Gasteiger partial charge is 0.373 e. The Kier molecular flexibility index (Phi) is 12.5. The van der Waals surface area contributed by atoms with Crippen molar-refractivity contribution in [2.24, 2.45) is 11.8 Å². The molecule has 108 valence electrons. The van der Waals surface area contributed by atoms with Crippen LogP contribution >= 0.6 is 0 Å². The van der Waals surface area contributed by atoms with E-state index < -0.39 is 0 Å². The van der Waals surface area contributed by atoms with Gasteiger partial charge in [0, 0.05) is 0 Å². The molecule has 0 saturated heterocycles. The normalized spacial score (nSPS) is 12.4. The van der Waals surface area contributed by atoms with Crippen molar-refractivity contribution in [1.82, 2.24) is 0 Å². The number of unbranched alkanes of at least 4 members (excludes halogenated alkanes) is 9. The molecule has 0 radical (unpaired) electrons. The maximum atomic E-state index is 11.1. The predicted molar refractivity (Wildman–Crippen MR) is 75.9 cm³/mol. The Morgan fingerprint density at radius 1 is 0.944 bits per heavy atom. The van der Waals surface area contributed by atoms with Crippen LogP contribution in [-0.2, 0) is 9.63 Å². The summed E-state index contributed by atoms with van der Waals surface area (Å²) in [5.74, 6) is 4.51. The van der Waals surface area contributed by atoms with Gasteiger partial charge in [-0.2, -0.15) is 5.90 Å². The smallest absolute Gasteiger partial charge is 0.327 e. The molecule has 18 heavy (non-hydrogen) atoms. The van der Waals surface area contributed by atoms with Gasteiger partial charge in [-0.3, -0.25) is 4.79 Å². The fourth-order valence-electron chi connectivity index (χ4n) is 2.17. The Hall–Kier alpha value is -0.570. The molecule has 1 atom stereocenters. The van der Waals surface area contributed by atoms with Crippen LogP contribution in [0.3, 0.4) is 0 Å². The maximum absolute atomic E-state index is 11.1. The number of carbonyl (C=O) groups excluding carboxylic acids is 1. The molecule has 0 heterocycles. The standard InChI is InChI=1S/C15H31NO2/c1-3-4-5-6-7-8-9-10-11-12-13-14(2)15(17)18-16/h14H,3-13,16H2,1-2H3. The van der Waals surface area contributed by atoms with Gasteiger partial charge >= 0.3 is 5.97 Å². The van der Waals surface area contributed by atoms with E-state index in [0.717, 1.165) is 12.8 Å². The summed E-state index contributed by atoms with van der Waals surface area (Å²) in [6.07, 6.45) is 14.1. The van der Waals surface area contributed by atoms with E-state index in [-0.39, 0.29) is 11.9 Å². The molecule has 0 saturated carbocycles. The van der Waals surface area contributed by atoms with Crippen molar-refractivity contribution in [2.75, 3.05) is 0 Å². The number of nitrogens with two attached hydrogens (primary N) is 1. The number of rotatable bonds is 12. The van der Waals surface area contributed by atoms with Gasteiger partial charge in [0.25, 0.3) is 0 Å². The fraction of sp³-hybridized carbons (Fsp3) is 0.933. The van der Waals surface area contributed by atoms with Gasteiger partial charge in [-0.15, -0.1) is 0 Å². The highest BCUT2D eigenvalue weighted by Gasteiger charge is 2.12. The number of hydrogen-bond donors (Lipinski definition) is 1. The minimum absolute atomic E-state index is 0.0518. The molecule has 2 N–H and O–H groups in total. The molecular weight excluding hydrogens is 226 g/mol. The molecule has 0 aliphatic rings. The van der Waals surface area contributed by atoms with E-state index in [4.69, 9.17) is 5.90 Å². The maximum Gasteiger partial charge on any atom is 0.327 e. The Balaban J connectivity index is 3.14. The molecule has 1 unspecified atom stereocenters. The SMILES string of the molecule is CCCCCCCCCCCCC(C)C(=O)ON. The van der Waals surface area contributed by atoms with Crippen LogP contribution in [0.2, 0.25) is 0 Å².